The molecule has 18 heavy (non-hydrogen) atoms. The van der Waals surface area contributed by atoms with Crippen LogP contribution < -0.4 is 0 Å². The first-order chi connectivity index (χ1) is 8.38. The zero-order valence-corrected chi connectivity index (χ0v) is 10.9. The summed E-state index contributed by atoms with van der Waals surface area (Å²) >= 11 is 0. The molecule has 0 amide bonds. The third kappa shape index (κ3) is 2.42. The van der Waals surface area contributed by atoms with Gasteiger partial charge in [0, 0.05) is 13.2 Å². The van der Waals surface area contributed by atoms with Crippen molar-refractivity contribution in [3.8, 4) is 11.4 Å². The van der Waals surface area contributed by atoms with Gasteiger partial charge in [-0.25, -0.2) is 4.79 Å². The quantitative estimate of drug-likeness (QED) is 0.822. The first-order valence-corrected chi connectivity index (χ1v) is 5.64. The number of carbonyl (C=O) groups excluding carboxylic acids is 1. The molecule has 2 rings (SSSR count). The Bertz CT molecular complexity index is 563. The lowest BCUT2D eigenvalue weighted by Crippen LogP contribution is -2.24. The number of ether oxygens (including phenoxy) is 1. The van der Waals surface area contributed by atoms with Crippen LogP contribution in [0.1, 0.15) is 31.3 Å². The number of hydrogen-bond acceptors (Lipinski definition) is 4. The van der Waals surface area contributed by atoms with E-state index in [1.165, 1.54) is 0 Å². The maximum atomic E-state index is 12.0. The molecule has 0 aromatic carbocycles. The molecule has 96 valence electrons. The minimum absolute atomic E-state index is 0.201. The number of carbonyl (C=O) groups is 1. The molecular weight excluding hydrogens is 232 g/mol. The molecule has 0 fully saturated rings. The second-order valence-corrected chi connectivity index (χ2v) is 5.03. The van der Waals surface area contributed by atoms with Crippen molar-refractivity contribution >= 4 is 5.97 Å². The van der Waals surface area contributed by atoms with Gasteiger partial charge in [-0.1, -0.05) is 0 Å². The van der Waals surface area contributed by atoms with Crippen molar-refractivity contribution in [2.45, 2.75) is 26.4 Å². The second kappa shape index (κ2) is 4.29. The Kier molecular flexibility index (Phi) is 2.94. The molecule has 2 aromatic rings. The molecule has 1 N–H and O–H groups in total. The largest absolute Gasteiger partial charge is 0.455 e. The van der Waals surface area contributed by atoms with Gasteiger partial charge in [0.1, 0.15) is 11.3 Å². The van der Waals surface area contributed by atoms with Crippen LogP contribution >= 0.6 is 0 Å². The molecule has 0 radical (unpaired) electrons. The molecule has 2 heterocycles. The fraction of sp³-hybridized carbons (Fsp3) is 0.417. The summed E-state index contributed by atoms with van der Waals surface area (Å²) in [7, 11) is 1.88. The maximum absolute atomic E-state index is 12.0. The summed E-state index contributed by atoms with van der Waals surface area (Å²) in [6, 6.07) is 3.74. The predicted octanol–water partition coefficient (Wildman–Crippen LogP) is 1.77. The van der Waals surface area contributed by atoms with Crippen molar-refractivity contribution in [2.75, 3.05) is 0 Å². The Hall–Kier alpha value is -2.11. The molecule has 6 nitrogen and oxygen atoms in total. The number of H-pyrrole nitrogens is 1. The summed E-state index contributed by atoms with van der Waals surface area (Å²) in [5, 5.41) is 10.4. The summed E-state index contributed by atoms with van der Waals surface area (Å²) in [5.74, 6) is -0.479. The zero-order chi connectivity index (χ0) is 13.3. The molecule has 6 heteroatoms. The minimum atomic E-state index is -0.554. The molecular formula is C12H16N4O2. The molecule has 0 aliphatic heterocycles. The molecule has 0 saturated carbocycles. The van der Waals surface area contributed by atoms with Gasteiger partial charge >= 0.3 is 5.97 Å². The molecule has 0 spiro atoms. The van der Waals surface area contributed by atoms with Gasteiger partial charge in [-0.3, -0.25) is 0 Å². The number of aryl methyl sites for hydroxylation is 1. The lowest BCUT2D eigenvalue weighted by molar-refractivity contribution is 0.00637. The van der Waals surface area contributed by atoms with Crippen LogP contribution in [0.4, 0.5) is 0 Å². The number of nitrogens with zero attached hydrogens (tertiary/aromatic N) is 3. The van der Waals surface area contributed by atoms with Crippen molar-refractivity contribution in [3.05, 3.63) is 24.0 Å². The fourth-order valence-electron chi connectivity index (χ4n) is 1.59. The molecule has 0 aliphatic carbocycles. The monoisotopic (exact) mass is 248 g/mol. The van der Waals surface area contributed by atoms with Crippen LogP contribution in [0.5, 0.6) is 0 Å². The number of rotatable bonds is 2. The van der Waals surface area contributed by atoms with Crippen LogP contribution in [0.15, 0.2) is 18.3 Å². The van der Waals surface area contributed by atoms with Gasteiger partial charge in [0.25, 0.3) is 0 Å². The van der Waals surface area contributed by atoms with Crippen LogP contribution in [0.2, 0.25) is 0 Å². The topological polar surface area (TPSA) is 72.8 Å². The Morgan fingerprint density at radius 1 is 1.39 bits per heavy atom. The van der Waals surface area contributed by atoms with Crippen LogP contribution in [-0.2, 0) is 11.8 Å². The van der Waals surface area contributed by atoms with Crippen LogP contribution in [0.25, 0.3) is 11.4 Å². The van der Waals surface area contributed by atoms with E-state index in [4.69, 9.17) is 4.74 Å². The lowest BCUT2D eigenvalue weighted by Gasteiger charge is -2.18. The van der Waals surface area contributed by atoms with Gasteiger partial charge in [0.15, 0.2) is 5.69 Å². The highest BCUT2D eigenvalue weighted by atomic mass is 16.6. The Labute approximate surface area is 105 Å². The number of esters is 1. The van der Waals surface area contributed by atoms with E-state index >= 15 is 0 Å². The minimum Gasteiger partial charge on any atom is -0.455 e. The van der Waals surface area contributed by atoms with E-state index in [2.05, 4.69) is 15.4 Å². The van der Waals surface area contributed by atoms with Crippen LogP contribution in [-0.4, -0.2) is 31.5 Å². The first kappa shape index (κ1) is 12.3. The Balaban J connectivity index is 2.34. The SMILES string of the molecule is Cn1cccc1-c1n[nH]nc1C(=O)OC(C)(C)C. The van der Waals surface area contributed by atoms with Crippen molar-refractivity contribution in [1.29, 1.82) is 0 Å². The van der Waals surface area contributed by atoms with Crippen molar-refractivity contribution < 1.29 is 9.53 Å². The van der Waals surface area contributed by atoms with Crippen molar-refractivity contribution in [2.24, 2.45) is 7.05 Å². The van der Waals surface area contributed by atoms with E-state index in [0.29, 0.717) is 5.69 Å². The molecule has 0 aliphatic rings. The second-order valence-electron chi connectivity index (χ2n) is 5.03. The number of hydrogen-bond donors (Lipinski definition) is 1. The third-order valence-corrected chi connectivity index (χ3v) is 2.33. The Morgan fingerprint density at radius 3 is 2.67 bits per heavy atom. The summed E-state index contributed by atoms with van der Waals surface area (Å²) in [5.41, 5.74) is 0.953. The van der Waals surface area contributed by atoms with Crippen molar-refractivity contribution in [1.82, 2.24) is 20.0 Å². The van der Waals surface area contributed by atoms with E-state index < -0.39 is 11.6 Å². The third-order valence-electron chi connectivity index (χ3n) is 2.33. The van der Waals surface area contributed by atoms with Crippen molar-refractivity contribution in [3.63, 3.8) is 0 Å². The van der Waals surface area contributed by atoms with Gasteiger partial charge in [-0.15, -0.1) is 5.10 Å². The molecule has 0 atom stereocenters. The van der Waals surface area contributed by atoms with E-state index in [9.17, 15) is 4.79 Å². The van der Waals surface area contributed by atoms with Crippen LogP contribution in [0.3, 0.4) is 0 Å². The first-order valence-electron chi connectivity index (χ1n) is 5.64. The predicted molar refractivity (Wildman–Crippen MR) is 66.0 cm³/mol. The molecule has 2 aromatic heterocycles. The standard InChI is InChI=1S/C12H16N4O2/c1-12(2,3)18-11(17)10-9(13-15-14-10)8-6-5-7-16(8)4/h5-7H,1-4H3,(H,13,14,15). The molecule has 0 saturated heterocycles. The number of aromatic amines is 1. The number of nitrogens with one attached hydrogen (secondary N) is 1. The van der Waals surface area contributed by atoms with E-state index in [0.717, 1.165) is 5.69 Å². The Morgan fingerprint density at radius 2 is 2.11 bits per heavy atom. The average molecular weight is 248 g/mol. The lowest BCUT2D eigenvalue weighted by atomic mass is 10.2. The smallest absolute Gasteiger partial charge is 0.361 e. The maximum Gasteiger partial charge on any atom is 0.361 e. The normalized spacial score (nSPS) is 11.6. The fourth-order valence-corrected chi connectivity index (χ4v) is 1.59. The molecule has 0 bridgehead atoms. The summed E-state index contributed by atoms with van der Waals surface area (Å²) in [4.78, 5) is 12.0. The zero-order valence-electron chi connectivity index (χ0n) is 10.9. The van der Waals surface area contributed by atoms with Crippen LogP contribution in [0, 0.1) is 0 Å². The highest BCUT2D eigenvalue weighted by Crippen LogP contribution is 2.21. The van der Waals surface area contributed by atoms with E-state index in [1.807, 2.05) is 50.7 Å². The van der Waals surface area contributed by atoms with Gasteiger partial charge < -0.3 is 9.30 Å². The van der Waals surface area contributed by atoms with Gasteiger partial charge in [-0.05, 0) is 32.9 Å². The molecule has 0 unspecified atom stereocenters. The van der Waals surface area contributed by atoms with E-state index in [-0.39, 0.29) is 5.69 Å². The summed E-state index contributed by atoms with van der Waals surface area (Å²) in [6.07, 6.45) is 1.88. The number of aromatic nitrogens is 4. The van der Waals surface area contributed by atoms with Gasteiger partial charge in [0.2, 0.25) is 0 Å². The van der Waals surface area contributed by atoms with Gasteiger partial charge in [-0.2, -0.15) is 10.3 Å². The van der Waals surface area contributed by atoms with E-state index in [1.54, 1.807) is 0 Å². The highest BCUT2D eigenvalue weighted by molar-refractivity contribution is 5.93. The highest BCUT2D eigenvalue weighted by Gasteiger charge is 2.25. The summed E-state index contributed by atoms with van der Waals surface area (Å²) in [6.45, 7) is 5.44. The van der Waals surface area contributed by atoms with Gasteiger partial charge in [0.05, 0.1) is 5.69 Å². The summed E-state index contributed by atoms with van der Waals surface area (Å²) < 4.78 is 7.16. The average Bonchev–Trinajstić information content (AvgIpc) is 2.82.